The molecule has 0 bridgehead atoms. The minimum absolute atomic E-state index is 0.00800. The molecule has 0 spiro atoms. The van der Waals surface area contributed by atoms with Crippen LogP contribution in [0.1, 0.15) is 12.0 Å². The van der Waals surface area contributed by atoms with Crippen LogP contribution in [0, 0.1) is 6.92 Å². The number of rotatable bonds is 4. The first-order valence-electron chi connectivity index (χ1n) is 8.14. The number of carbonyl (C=O) groups excluding carboxylic acids is 2. The minimum atomic E-state index is -0.302. The van der Waals surface area contributed by atoms with Crippen molar-refractivity contribution in [2.45, 2.75) is 19.4 Å². The monoisotopic (exact) mass is 339 g/mol. The zero-order valence-corrected chi connectivity index (χ0v) is 14.3. The van der Waals surface area contributed by atoms with Gasteiger partial charge in [0.25, 0.3) is 0 Å². The maximum atomic E-state index is 12.3. The van der Waals surface area contributed by atoms with Crippen LogP contribution in [0.5, 0.6) is 5.75 Å². The van der Waals surface area contributed by atoms with Gasteiger partial charge < -0.3 is 20.3 Å². The quantitative estimate of drug-likeness (QED) is 0.900. The molecule has 0 saturated carbocycles. The fourth-order valence-corrected chi connectivity index (χ4v) is 2.87. The molecule has 2 aromatic rings. The molecule has 1 saturated heterocycles. The number of anilines is 2. The van der Waals surface area contributed by atoms with Crippen LogP contribution in [0.4, 0.5) is 16.2 Å². The highest BCUT2D eigenvalue weighted by Crippen LogP contribution is 2.24. The van der Waals surface area contributed by atoms with Crippen molar-refractivity contribution in [1.29, 1.82) is 0 Å². The molecule has 0 unspecified atom stereocenters. The third kappa shape index (κ3) is 3.91. The predicted molar refractivity (Wildman–Crippen MR) is 97.1 cm³/mol. The molecule has 25 heavy (non-hydrogen) atoms. The SMILES string of the molecule is COc1ccc(N2C[C@H](NC(=O)Nc3ccccc3C)CC2=O)cc1. The van der Waals surface area contributed by atoms with Gasteiger partial charge in [0.2, 0.25) is 5.91 Å². The van der Waals surface area contributed by atoms with Gasteiger partial charge in [-0.3, -0.25) is 4.79 Å². The van der Waals surface area contributed by atoms with Crippen molar-refractivity contribution in [2.75, 3.05) is 23.9 Å². The van der Waals surface area contributed by atoms with Gasteiger partial charge in [0, 0.05) is 24.3 Å². The van der Waals surface area contributed by atoms with Crippen LogP contribution in [0.15, 0.2) is 48.5 Å². The van der Waals surface area contributed by atoms with E-state index in [1.807, 2.05) is 55.5 Å². The summed E-state index contributed by atoms with van der Waals surface area (Å²) in [5, 5.41) is 5.70. The summed E-state index contributed by atoms with van der Waals surface area (Å²) >= 11 is 0. The lowest BCUT2D eigenvalue weighted by atomic mass is 10.2. The molecular weight excluding hydrogens is 318 g/mol. The van der Waals surface area contributed by atoms with Crippen molar-refractivity contribution >= 4 is 23.3 Å². The average Bonchev–Trinajstić information content (AvgIpc) is 2.97. The van der Waals surface area contributed by atoms with Crippen LogP contribution in [0.2, 0.25) is 0 Å². The molecule has 3 rings (SSSR count). The Labute approximate surface area is 146 Å². The van der Waals surface area contributed by atoms with E-state index in [0.29, 0.717) is 6.54 Å². The van der Waals surface area contributed by atoms with E-state index in [0.717, 1.165) is 22.7 Å². The lowest BCUT2D eigenvalue weighted by Gasteiger charge is -2.18. The maximum absolute atomic E-state index is 12.3. The Morgan fingerprint density at radius 3 is 2.56 bits per heavy atom. The largest absolute Gasteiger partial charge is 0.497 e. The molecule has 6 heteroatoms. The van der Waals surface area contributed by atoms with Crippen LogP contribution in [0.25, 0.3) is 0 Å². The second kappa shape index (κ2) is 7.25. The smallest absolute Gasteiger partial charge is 0.319 e. The van der Waals surface area contributed by atoms with Gasteiger partial charge in [-0.2, -0.15) is 0 Å². The molecule has 1 aliphatic rings. The van der Waals surface area contributed by atoms with Crippen LogP contribution in [0.3, 0.4) is 0 Å². The van der Waals surface area contributed by atoms with Gasteiger partial charge in [-0.15, -0.1) is 0 Å². The average molecular weight is 339 g/mol. The topological polar surface area (TPSA) is 70.7 Å². The molecule has 1 atom stereocenters. The van der Waals surface area contributed by atoms with Crippen LogP contribution in [-0.2, 0) is 4.79 Å². The van der Waals surface area contributed by atoms with Gasteiger partial charge >= 0.3 is 6.03 Å². The molecule has 130 valence electrons. The number of nitrogens with zero attached hydrogens (tertiary/aromatic N) is 1. The Bertz CT molecular complexity index is 774. The van der Waals surface area contributed by atoms with Crippen molar-refractivity contribution in [3.05, 3.63) is 54.1 Å². The van der Waals surface area contributed by atoms with E-state index in [2.05, 4.69) is 10.6 Å². The Morgan fingerprint density at radius 1 is 1.16 bits per heavy atom. The minimum Gasteiger partial charge on any atom is -0.497 e. The highest BCUT2D eigenvalue weighted by atomic mass is 16.5. The number of hydrogen-bond donors (Lipinski definition) is 2. The zero-order valence-electron chi connectivity index (χ0n) is 14.3. The van der Waals surface area contributed by atoms with E-state index < -0.39 is 0 Å². The molecule has 2 aromatic carbocycles. The lowest BCUT2D eigenvalue weighted by molar-refractivity contribution is -0.117. The Morgan fingerprint density at radius 2 is 1.88 bits per heavy atom. The van der Waals surface area contributed by atoms with Gasteiger partial charge in [-0.1, -0.05) is 18.2 Å². The summed E-state index contributed by atoms with van der Waals surface area (Å²) in [4.78, 5) is 26.1. The standard InChI is InChI=1S/C19H21N3O3/c1-13-5-3-4-6-17(13)21-19(24)20-14-11-18(23)22(12-14)15-7-9-16(25-2)10-8-15/h3-10,14H,11-12H2,1-2H3,(H2,20,21,24)/t14-/m1/s1. The van der Waals surface area contributed by atoms with Crippen LogP contribution < -0.4 is 20.3 Å². The molecule has 0 radical (unpaired) electrons. The van der Waals surface area contributed by atoms with E-state index in [9.17, 15) is 9.59 Å². The molecular formula is C19H21N3O3. The van der Waals surface area contributed by atoms with Gasteiger partial charge in [0.05, 0.1) is 13.2 Å². The van der Waals surface area contributed by atoms with E-state index >= 15 is 0 Å². The number of carbonyl (C=O) groups is 2. The molecule has 6 nitrogen and oxygen atoms in total. The number of hydrogen-bond acceptors (Lipinski definition) is 3. The first-order valence-corrected chi connectivity index (χ1v) is 8.14. The van der Waals surface area contributed by atoms with Crippen molar-refractivity contribution in [1.82, 2.24) is 5.32 Å². The molecule has 1 aliphatic heterocycles. The Hall–Kier alpha value is -3.02. The number of ether oxygens (including phenoxy) is 1. The third-order valence-electron chi connectivity index (χ3n) is 4.24. The summed E-state index contributed by atoms with van der Waals surface area (Å²) < 4.78 is 5.13. The Balaban J connectivity index is 1.60. The number of aryl methyl sites for hydroxylation is 1. The summed E-state index contributed by atoms with van der Waals surface area (Å²) in [5.74, 6) is 0.731. The van der Waals surface area contributed by atoms with Crippen LogP contribution in [-0.4, -0.2) is 31.6 Å². The van der Waals surface area contributed by atoms with Crippen molar-refractivity contribution in [3.8, 4) is 5.75 Å². The summed E-state index contributed by atoms with van der Waals surface area (Å²) in [7, 11) is 1.60. The number of nitrogens with one attached hydrogen (secondary N) is 2. The van der Waals surface area contributed by atoms with Gasteiger partial charge in [-0.05, 0) is 42.8 Å². The lowest BCUT2D eigenvalue weighted by Crippen LogP contribution is -2.39. The fourth-order valence-electron chi connectivity index (χ4n) is 2.87. The normalized spacial score (nSPS) is 16.6. The Kier molecular flexibility index (Phi) is 4.88. The molecule has 0 aliphatic carbocycles. The first-order chi connectivity index (χ1) is 12.1. The van der Waals surface area contributed by atoms with Gasteiger partial charge in [0.1, 0.15) is 5.75 Å². The first kappa shape index (κ1) is 16.8. The van der Waals surface area contributed by atoms with Crippen molar-refractivity contribution in [3.63, 3.8) is 0 Å². The second-order valence-corrected chi connectivity index (χ2v) is 6.02. The van der Waals surface area contributed by atoms with Crippen molar-refractivity contribution < 1.29 is 14.3 Å². The predicted octanol–water partition coefficient (Wildman–Crippen LogP) is 2.93. The number of para-hydroxylation sites is 1. The van der Waals surface area contributed by atoms with Crippen LogP contribution >= 0.6 is 0 Å². The van der Waals surface area contributed by atoms with E-state index in [-0.39, 0.29) is 24.4 Å². The highest BCUT2D eigenvalue weighted by molar-refractivity contribution is 5.97. The molecule has 0 aromatic heterocycles. The third-order valence-corrected chi connectivity index (χ3v) is 4.24. The number of benzene rings is 2. The summed E-state index contributed by atoms with van der Waals surface area (Å²) in [6.07, 6.45) is 0.285. The molecule has 3 amide bonds. The number of urea groups is 1. The van der Waals surface area contributed by atoms with E-state index in [4.69, 9.17) is 4.74 Å². The highest BCUT2D eigenvalue weighted by Gasteiger charge is 2.31. The molecule has 1 heterocycles. The summed E-state index contributed by atoms with van der Waals surface area (Å²) in [5.41, 5.74) is 2.55. The molecule has 2 N–H and O–H groups in total. The zero-order chi connectivity index (χ0) is 17.8. The van der Waals surface area contributed by atoms with Gasteiger partial charge in [-0.25, -0.2) is 4.79 Å². The summed E-state index contributed by atoms with van der Waals surface area (Å²) in [6.45, 7) is 2.38. The summed E-state index contributed by atoms with van der Waals surface area (Å²) in [6, 6.07) is 14.3. The maximum Gasteiger partial charge on any atom is 0.319 e. The second-order valence-electron chi connectivity index (χ2n) is 6.02. The fraction of sp³-hybridized carbons (Fsp3) is 0.263. The van der Waals surface area contributed by atoms with E-state index in [1.54, 1.807) is 12.0 Å². The number of methoxy groups -OCH3 is 1. The number of amides is 3. The van der Waals surface area contributed by atoms with Gasteiger partial charge in [0.15, 0.2) is 0 Å². The van der Waals surface area contributed by atoms with Crippen molar-refractivity contribution in [2.24, 2.45) is 0 Å². The molecule has 1 fully saturated rings. The van der Waals surface area contributed by atoms with E-state index in [1.165, 1.54) is 0 Å².